The molecule has 0 unspecified atom stereocenters. The number of nitrogens with one attached hydrogen (secondary N) is 1. The van der Waals surface area contributed by atoms with Crippen molar-refractivity contribution >= 4 is 17.7 Å². The third-order valence-electron chi connectivity index (χ3n) is 5.44. The number of imidazole rings is 1. The minimum absolute atomic E-state index is 0.00885. The highest BCUT2D eigenvalue weighted by molar-refractivity contribution is 7.99. The van der Waals surface area contributed by atoms with Crippen LogP contribution in [0.15, 0.2) is 44.8 Å². The van der Waals surface area contributed by atoms with Gasteiger partial charge in [0.25, 0.3) is 0 Å². The van der Waals surface area contributed by atoms with E-state index in [2.05, 4.69) is 14.9 Å². The van der Waals surface area contributed by atoms with Crippen molar-refractivity contribution in [2.24, 2.45) is 0 Å². The molecule has 1 atom stereocenters. The van der Waals surface area contributed by atoms with Gasteiger partial charge in [-0.15, -0.1) is 0 Å². The second-order valence-corrected chi connectivity index (χ2v) is 8.84. The Morgan fingerprint density at radius 1 is 1.36 bits per heavy atom. The van der Waals surface area contributed by atoms with Crippen molar-refractivity contribution in [1.82, 2.24) is 14.9 Å². The minimum atomic E-state index is -0.764. The minimum Gasteiger partial charge on any atom is -0.504 e. The first kappa shape index (κ1) is 22.8. The summed E-state index contributed by atoms with van der Waals surface area (Å²) in [5.41, 5.74) is 0.877. The molecule has 33 heavy (non-hydrogen) atoms. The van der Waals surface area contributed by atoms with Crippen LogP contribution in [0.4, 0.5) is 0 Å². The number of phenolic OH excluding ortho intramolecular Hbond substituents is 1. The predicted molar refractivity (Wildman–Crippen MR) is 122 cm³/mol. The van der Waals surface area contributed by atoms with Gasteiger partial charge >= 0.3 is 0 Å². The van der Waals surface area contributed by atoms with E-state index in [1.807, 2.05) is 6.20 Å². The Balaban J connectivity index is 1.53. The van der Waals surface area contributed by atoms with Crippen molar-refractivity contribution in [2.75, 3.05) is 19.4 Å². The molecule has 1 aliphatic rings. The molecule has 1 aromatic carbocycles. The Kier molecular flexibility index (Phi) is 6.64. The van der Waals surface area contributed by atoms with Gasteiger partial charge in [-0.3, -0.25) is 9.59 Å². The summed E-state index contributed by atoms with van der Waals surface area (Å²) in [5, 5.41) is 24.2. The van der Waals surface area contributed by atoms with Crippen LogP contribution in [0, 0.1) is 6.92 Å². The summed E-state index contributed by atoms with van der Waals surface area (Å²) >= 11 is 1.72. The van der Waals surface area contributed by atoms with Gasteiger partial charge in [0.05, 0.1) is 18.7 Å². The smallest absolute Gasteiger partial charge is 0.227 e. The van der Waals surface area contributed by atoms with Gasteiger partial charge in [0, 0.05) is 43.9 Å². The first-order chi connectivity index (χ1) is 15.9. The maximum atomic E-state index is 12.8. The van der Waals surface area contributed by atoms with E-state index in [1.165, 1.54) is 19.2 Å². The molecule has 1 aliphatic heterocycles. The average Bonchev–Trinajstić information content (AvgIpc) is 3.37. The lowest BCUT2D eigenvalue weighted by Crippen LogP contribution is -2.27. The second-order valence-electron chi connectivity index (χ2n) is 7.78. The first-order valence-corrected chi connectivity index (χ1v) is 11.5. The lowest BCUT2D eigenvalue weighted by molar-refractivity contribution is -0.121. The number of nitrogens with zero attached hydrogens (tertiary/aromatic N) is 2. The molecule has 0 spiro atoms. The molecule has 3 heterocycles. The fraction of sp³-hybridized carbons (Fsp3) is 0.348. The van der Waals surface area contributed by atoms with Gasteiger partial charge in [-0.2, -0.15) is 0 Å². The van der Waals surface area contributed by atoms with Crippen molar-refractivity contribution in [3.05, 3.63) is 63.5 Å². The molecule has 3 aromatic rings. The van der Waals surface area contributed by atoms with Crippen molar-refractivity contribution < 1.29 is 24.2 Å². The number of amides is 1. The number of aromatic nitrogens is 2. The summed E-state index contributed by atoms with van der Waals surface area (Å²) in [5.74, 6) is -0.111. The molecule has 0 aliphatic carbocycles. The summed E-state index contributed by atoms with van der Waals surface area (Å²) < 4.78 is 13.0. The van der Waals surface area contributed by atoms with E-state index in [-0.39, 0.29) is 29.6 Å². The van der Waals surface area contributed by atoms with Gasteiger partial charge in [0.2, 0.25) is 17.1 Å². The second kappa shape index (κ2) is 9.62. The van der Waals surface area contributed by atoms with Crippen LogP contribution in [0.3, 0.4) is 0 Å². The molecule has 2 aromatic heterocycles. The fourth-order valence-corrected chi connectivity index (χ4v) is 4.77. The number of methoxy groups -OCH3 is 1. The number of carbonyl (C=O) groups is 1. The molecule has 9 nitrogen and oxygen atoms in total. The molecule has 0 radical (unpaired) electrons. The highest BCUT2D eigenvalue weighted by atomic mass is 32.2. The Bertz CT molecular complexity index is 1210. The lowest BCUT2D eigenvalue weighted by atomic mass is 9.91. The molecule has 0 bridgehead atoms. The number of aryl methyl sites for hydroxylation is 2. The third-order valence-corrected chi connectivity index (χ3v) is 6.41. The maximum absolute atomic E-state index is 12.8. The Morgan fingerprint density at radius 2 is 2.18 bits per heavy atom. The van der Waals surface area contributed by atoms with Crippen LogP contribution < -0.4 is 15.5 Å². The number of fused-ring (bicyclic) bond motifs is 1. The molecule has 1 amide bonds. The zero-order chi connectivity index (χ0) is 23.5. The number of hydrogen-bond acceptors (Lipinski definition) is 8. The zero-order valence-electron chi connectivity index (χ0n) is 18.3. The molecule has 10 heteroatoms. The summed E-state index contributed by atoms with van der Waals surface area (Å²) in [6, 6.07) is 5.77. The number of carbonyl (C=O) groups excluding carboxylic acids is 1. The number of thioether (sulfide) groups is 1. The van der Waals surface area contributed by atoms with Crippen LogP contribution in [-0.2, 0) is 17.8 Å². The van der Waals surface area contributed by atoms with Crippen LogP contribution in [0.25, 0.3) is 0 Å². The summed E-state index contributed by atoms with van der Waals surface area (Å²) in [4.78, 5) is 29.5. The number of ether oxygens (including phenoxy) is 1. The van der Waals surface area contributed by atoms with Crippen molar-refractivity contribution in [3.63, 3.8) is 0 Å². The van der Waals surface area contributed by atoms with Gasteiger partial charge in [-0.05, 0) is 24.6 Å². The molecule has 0 saturated heterocycles. The molecule has 0 fully saturated rings. The number of hydrogen-bond donors (Lipinski definition) is 3. The van der Waals surface area contributed by atoms with Gasteiger partial charge in [-0.1, -0.05) is 17.8 Å². The van der Waals surface area contributed by atoms with E-state index in [9.17, 15) is 19.8 Å². The third kappa shape index (κ3) is 5.00. The van der Waals surface area contributed by atoms with Gasteiger partial charge in [-0.25, -0.2) is 4.98 Å². The van der Waals surface area contributed by atoms with Gasteiger partial charge < -0.3 is 29.3 Å². The van der Waals surface area contributed by atoms with Crippen molar-refractivity contribution in [3.8, 4) is 17.2 Å². The van der Waals surface area contributed by atoms with Crippen molar-refractivity contribution in [1.29, 1.82) is 0 Å². The molecule has 0 saturated carbocycles. The molecule has 174 valence electrons. The van der Waals surface area contributed by atoms with Crippen LogP contribution in [0.2, 0.25) is 0 Å². The summed E-state index contributed by atoms with van der Waals surface area (Å²) in [7, 11) is 1.41. The SMILES string of the molecule is COc1cc([C@@H](CC(=O)NCCc2cn3c(n2)SCC3)c2oc(C)cc(=O)c2O)ccc1O. The monoisotopic (exact) mass is 471 g/mol. The van der Waals surface area contributed by atoms with Gasteiger partial charge in [0.1, 0.15) is 5.76 Å². The summed E-state index contributed by atoms with van der Waals surface area (Å²) in [6.07, 6.45) is 2.52. The highest BCUT2D eigenvalue weighted by Crippen LogP contribution is 2.37. The van der Waals surface area contributed by atoms with E-state index >= 15 is 0 Å². The number of phenols is 1. The number of aromatic hydroxyl groups is 2. The molecular weight excluding hydrogens is 446 g/mol. The quantitative estimate of drug-likeness (QED) is 0.458. The number of rotatable bonds is 8. The van der Waals surface area contributed by atoms with E-state index in [4.69, 9.17) is 9.15 Å². The average molecular weight is 472 g/mol. The van der Waals surface area contributed by atoms with E-state index in [0.29, 0.717) is 24.3 Å². The lowest BCUT2D eigenvalue weighted by Gasteiger charge is -2.19. The van der Waals surface area contributed by atoms with E-state index in [0.717, 1.165) is 23.1 Å². The van der Waals surface area contributed by atoms with E-state index in [1.54, 1.807) is 30.8 Å². The normalized spacial score (nSPS) is 13.5. The highest BCUT2D eigenvalue weighted by Gasteiger charge is 2.26. The van der Waals surface area contributed by atoms with Crippen LogP contribution in [-0.4, -0.2) is 45.1 Å². The number of benzene rings is 1. The van der Waals surface area contributed by atoms with Crippen LogP contribution in [0.5, 0.6) is 17.2 Å². The Hall–Kier alpha value is -3.40. The van der Waals surface area contributed by atoms with Crippen molar-refractivity contribution in [2.45, 2.75) is 37.4 Å². The topological polar surface area (TPSA) is 127 Å². The van der Waals surface area contributed by atoms with Gasteiger partial charge in [0.15, 0.2) is 22.4 Å². The Labute approximate surface area is 194 Å². The van der Waals surface area contributed by atoms with Crippen LogP contribution in [0.1, 0.15) is 35.1 Å². The van der Waals surface area contributed by atoms with E-state index < -0.39 is 17.1 Å². The Morgan fingerprint density at radius 3 is 2.94 bits per heavy atom. The zero-order valence-corrected chi connectivity index (χ0v) is 19.1. The maximum Gasteiger partial charge on any atom is 0.227 e. The molecular formula is C23H25N3O6S. The predicted octanol–water partition coefficient (Wildman–Crippen LogP) is 2.55. The summed E-state index contributed by atoms with van der Waals surface area (Å²) in [6.45, 7) is 2.94. The standard InChI is InChI=1S/C23H25N3O6S/c1-13-9-18(28)21(30)22(32-13)16(14-3-4-17(27)19(10-14)31-2)11-20(29)24-6-5-15-12-26-7-8-33-23(26)25-15/h3-4,9-10,12,16,27,30H,5-8,11H2,1-2H3,(H,24,29)/t16-/m1/s1. The first-order valence-electron chi connectivity index (χ1n) is 10.5. The van der Waals surface area contributed by atoms with Crippen LogP contribution >= 0.6 is 11.8 Å². The largest absolute Gasteiger partial charge is 0.504 e. The molecule has 3 N–H and O–H groups in total. The molecule has 4 rings (SSSR count). The fourth-order valence-electron chi connectivity index (χ4n) is 3.80.